The average Bonchev–Trinajstić information content (AvgIpc) is 2.38. The Kier molecular flexibility index (Phi) is 6.19. The number of halogens is 2. The summed E-state index contributed by atoms with van der Waals surface area (Å²) < 4.78 is 25.9. The molecule has 1 rings (SSSR count). The van der Waals surface area contributed by atoms with Gasteiger partial charge in [-0.25, -0.2) is 8.42 Å². The Hall–Kier alpha value is -0.890. The molecule has 0 spiro atoms. The minimum Gasteiger partial charge on any atom is -0.258 e. The van der Waals surface area contributed by atoms with Crippen LogP contribution in [0.5, 0.6) is 0 Å². The van der Waals surface area contributed by atoms with Gasteiger partial charge in [0.15, 0.2) is 0 Å². The van der Waals surface area contributed by atoms with Crippen molar-refractivity contribution in [3.63, 3.8) is 0 Å². The van der Waals surface area contributed by atoms with E-state index in [1.165, 1.54) is 12.1 Å². The van der Waals surface area contributed by atoms with Gasteiger partial charge >= 0.3 is 0 Å². The van der Waals surface area contributed by atoms with Crippen LogP contribution >= 0.6 is 23.2 Å². The Morgan fingerprint density at radius 3 is 2.25 bits per heavy atom. The van der Waals surface area contributed by atoms with E-state index in [0.29, 0.717) is 5.56 Å². The van der Waals surface area contributed by atoms with Crippen LogP contribution in [0, 0.1) is 17.0 Å². The highest BCUT2D eigenvalue weighted by Crippen LogP contribution is 2.24. The number of benzene rings is 1. The Morgan fingerprint density at radius 2 is 1.80 bits per heavy atom. The van der Waals surface area contributed by atoms with Crippen molar-refractivity contribution in [1.29, 1.82) is 0 Å². The first kappa shape index (κ1) is 17.2. The van der Waals surface area contributed by atoms with E-state index >= 15 is 0 Å². The third kappa shape index (κ3) is 3.82. The van der Waals surface area contributed by atoms with Crippen LogP contribution in [-0.2, 0) is 10.0 Å². The van der Waals surface area contributed by atoms with E-state index in [1.807, 2.05) is 0 Å². The van der Waals surface area contributed by atoms with Crippen molar-refractivity contribution in [3.8, 4) is 0 Å². The van der Waals surface area contributed by atoms with Crippen molar-refractivity contribution < 1.29 is 13.3 Å². The summed E-state index contributed by atoms with van der Waals surface area (Å²) in [6, 6.07) is 3.80. The zero-order valence-corrected chi connectivity index (χ0v) is 13.1. The topological polar surface area (TPSA) is 80.5 Å². The molecule has 0 aliphatic rings. The summed E-state index contributed by atoms with van der Waals surface area (Å²) >= 11 is 11.2. The SMILES string of the molecule is Cc1ccc(S(=O)(=O)N(CCCl)CCCl)cc1[N+](=O)[O-]. The second-order valence-corrected chi connectivity index (χ2v) is 6.68. The van der Waals surface area contributed by atoms with Crippen molar-refractivity contribution >= 4 is 38.9 Å². The van der Waals surface area contributed by atoms with Gasteiger partial charge in [-0.1, -0.05) is 6.07 Å². The van der Waals surface area contributed by atoms with Crippen molar-refractivity contribution in [1.82, 2.24) is 4.31 Å². The fraction of sp³-hybridized carbons (Fsp3) is 0.455. The lowest BCUT2D eigenvalue weighted by atomic mass is 10.2. The van der Waals surface area contributed by atoms with E-state index in [4.69, 9.17) is 23.2 Å². The summed E-state index contributed by atoms with van der Waals surface area (Å²) in [6.07, 6.45) is 0. The molecule has 0 bridgehead atoms. The monoisotopic (exact) mass is 340 g/mol. The molecule has 0 atom stereocenters. The van der Waals surface area contributed by atoms with Gasteiger partial charge in [0.1, 0.15) is 0 Å². The Balaban J connectivity index is 3.26. The quantitative estimate of drug-likeness (QED) is 0.433. The molecule has 20 heavy (non-hydrogen) atoms. The zero-order chi connectivity index (χ0) is 15.3. The first-order chi connectivity index (χ1) is 9.34. The average molecular weight is 341 g/mol. The van der Waals surface area contributed by atoms with Crippen LogP contribution in [0.4, 0.5) is 5.69 Å². The Bertz CT molecular complexity index is 586. The van der Waals surface area contributed by atoms with Gasteiger partial charge in [0, 0.05) is 36.5 Å². The van der Waals surface area contributed by atoms with Gasteiger partial charge in [0.05, 0.1) is 9.82 Å². The maximum Gasteiger partial charge on any atom is 0.273 e. The molecule has 1 aromatic carbocycles. The van der Waals surface area contributed by atoms with Crippen molar-refractivity contribution in [2.75, 3.05) is 24.8 Å². The van der Waals surface area contributed by atoms with E-state index in [0.717, 1.165) is 10.4 Å². The van der Waals surface area contributed by atoms with Crippen LogP contribution in [0.25, 0.3) is 0 Å². The second-order valence-electron chi connectivity index (χ2n) is 3.99. The maximum absolute atomic E-state index is 12.4. The van der Waals surface area contributed by atoms with E-state index in [1.54, 1.807) is 6.92 Å². The first-order valence-corrected chi connectivity index (χ1v) is 8.22. The number of rotatable bonds is 7. The molecule has 0 aliphatic carbocycles. The summed E-state index contributed by atoms with van der Waals surface area (Å²) in [6.45, 7) is 1.74. The van der Waals surface area contributed by atoms with E-state index in [9.17, 15) is 18.5 Å². The van der Waals surface area contributed by atoms with E-state index < -0.39 is 14.9 Å². The smallest absolute Gasteiger partial charge is 0.258 e. The summed E-state index contributed by atoms with van der Waals surface area (Å²) in [5, 5.41) is 10.9. The van der Waals surface area contributed by atoms with Gasteiger partial charge < -0.3 is 0 Å². The largest absolute Gasteiger partial charge is 0.273 e. The summed E-state index contributed by atoms with van der Waals surface area (Å²) in [5.41, 5.74) is 0.165. The molecular weight excluding hydrogens is 327 g/mol. The van der Waals surface area contributed by atoms with Gasteiger partial charge in [-0.15, -0.1) is 23.2 Å². The molecule has 0 heterocycles. The Labute approximate surface area is 127 Å². The molecule has 0 radical (unpaired) electrons. The molecule has 9 heteroatoms. The lowest BCUT2D eigenvalue weighted by Gasteiger charge is -2.20. The van der Waals surface area contributed by atoms with Crippen molar-refractivity contribution in [3.05, 3.63) is 33.9 Å². The molecule has 0 saturated heterocycles. The van der Waals surface area contributed by atoms with Gasteiger partial charge in [-0.2, -0.15) is 4.31 Å². The predicted molar refractivity (Wildman–Crippen MR) is 78.0 cm³/mol. The number of hydrogen-bond donors (Lipinski definition) is 0. The normalized spacial score (nSPS) is 11.8. The predicted octanol–water partition coefficient (Wildman–Crippen LogP) is 2.37. The zero-order valence-electron chi connectivity index (χ0n) is 10.8. The number of hydrogen-bond acceptors (Lipinski definition) is 4. The molecule has 0 N–H and O–H groups in total. The van der Waals surface area contributed by atoms with Crippen molar-refractivity contribution in [2.45, 2.75) is 11.8 Å². The standard InChI is InChI=1S/C11H14Cl2N2O4S/c1-9-2-3-10(8-11(9)15(16)17)20(18,19)14(6-4-12)7-5-13/h2-3,8H,4-7H2,1H3. The van der Waals surface area contributed by atoms with E-state index in [-0.39, 0.29) is 35.4 Å². The van der Waals surface area contributed by atoms with Gasteiger partial charge in [0.25, 0.3) is 5.69 Å². The van der Waals surface area contributed by atoms with Gasteiger partial charge in [-0.05, 0) is 13.0 Å². The molecule has 6 nitrogen and oxygen atoms in total. The highest BCUT2D eigenvalue weighted by molar-refractivity contribution is 7.89. The van der Waals surface area contributed by atoms with Crippen LogP contribution in [0.3, 0.4) is 0 Å². The number of sulfonamides is 1. The molecule has 0 aromatic heterocycles. The number of nitro groups is 1. The fourth-order valence-electron chi connectivity index (χ4n) is 1.64. The molecule has 0 saturated carbocycles. The third-order valence-electron chi connectivity index (χ3n) is 2.68. The van der Waals surface area contributed by atoms with E-state index in [2.05, 4.69) is 0 Å². The molecule has 112 valence electrons. The molecule has 0 unspecified atom stereocenters. The lowest BCUT2D eigenvalue weighted by molar-refractivity contribution is -0.385. The van der Waals surface area contributed by atoms with Crippen molar-refractivity contribution in [2.24, 2.45) is 0 Å². The number of nitrogens with zero attached hydrogens (tertiary/aromatic N) is 2. The summed E-state index contributed by atoms with van der Waals surface area (Å²) in [4.78, 5) is 10.1. The molecular formula is C11H14Cl2N2O4S. The van der Waals surface area contributed by atoms with Crippen LogP contribution in [0.15, 0.2) is 23.1 Å². The molecule has 0 aliphatic heterocycles. The number of alkyl halides is 2. The number of aryl methyl sites for hydroxylation is 1. The molecule has 0 fully saturated rings. The summed E-state index contributed by atoms with van der Waals surface area (Å²) in [5.74, 6) is 0.230. The van der Waals surface area contributed by atoms with Gasteiger partial charge in [-0.3, -0.25) is 10.1 Å². The highest BCUT2D eigenvalue weighted by Gasteiger charge is 2.26. The summed E-state index contributed by atoms with van der Waals surface area (Å²) in [7, 11) is -3.84. The minimum absolute atomic E-state index is 0.0955. The van der Waals surface area contributed by atoms with Crippen LogP contribution in [-0.4, -0.2) is 42.5 Å². The molecule has 1 aromatic rings. The second kappa shape index (κ2) is 7.21. The molecule has 0 amide bonds. The lowest BCUT2D eigenvalue weighted by Crippen LogP contribution is -2.34. The van der Waals surface area contributed by atoms with Gasteiger partial charge in [0.2, 0.25) is 10.0 Å². The highest BCUT2D eigenvalue weighted by atomic mass is 35.5. The van der Waals surface area contributed by atoms with Crippen LogP contribution in [0.1, 0.15) is 5.56 Å². The van der Waals surface area contributed by atoms with Crippen LogP contribution < -0.4 is 0 Å². The maximum atomic E-state index is 12.4. The first-order valence-electron chi connectivity index (χ1n) is 5.71. The number of nitro benzene ring substituents is 1. The minimum atomic E-state index is -3.84. The Morgan fingerprint density at radius 1 is 1.25 bits per heavy atom. The van der Waals surface area contributed by atoms with Crippen LogP contribution in [0.2, 0.25) is 0 Å². The third-order valence-corrected chi connectivity index (χ3v) is 4.92. The fourth-order valence-corrected chi connectivity index (χ4v) is 3.71.